The molecule has 0 unspecified atom stereocenters. The largest absolute Gasteiger partial charge is 0.415 e. The number of anilines is 1. The molecule has 0 saturated carbocycles. The zero-order valence-corrected chi connectivity index (χ0v) is 26.8. The molecule has 2 aromatic heterocycles. The van der Waals surface area contributed by atoms with Gasteiger partial charge >= 0.3 is 0 Å². The molecule has 0 fully saturated rings. The Labute approximate surface area is 250 Å². The zero-order chi connectivity index (χ0) is 30.5. The molecule has 4 rings (SSSR count). The fraction of sp³-hybridized carbons (Fsp3) is 0.424. The average Bonchev–Trinajstić information content (AvgIpc) is 3.57. The number of fused-ring (bicyclic) bond motifs is 1. The van der Waals surface area contributed by atoms with Crippen LogP contribution in [0.1, 0.15) is 67.7 Å². The lowest BCUT2D eigenvalue weighted by Crippen LogP contribution is -2.42. The Hall–Kier alpha value is -3.69. The van der Waals surface area contributed by atoms with Crippen molar-refractivity contribution in [3.63, 3.8) is 0 Å². The first-order valence-corrected chi connectivity index (χ1v) is 17.6. The van der Waals surface area contributed by atoms with Crippen molar-refractivity contribution < 1.29 is 14.0 Å². The highest BCUT2D eigenvalue weighted by Gasteiger charge is 2.37. The highest BCUT2D eigenvalue weighted by Crippen LogP contribution is 2.37. The van der Waals surface area contributed by atoms with Gasteiger partial charge < -0.3 is 24.6 Å². The van der Waals surface area contributed by atoms with E-state index in [9.17, 15) is 9.59 Å². The summed E-state index contributed by atoms with van der Waals surface area (Å²) in [7, 11) is -1.98. The van der Waals surface area contributed by atoms with Gasteiger partial charge in [-0.05, 0) is 73.5 Å². The van der Waals surface area contributed by atoms with E-state index in [4.69, 9.17) is 10.2 Å². The molecule has 0 radical (unpaired) electrons. The number of hydrogen-bond donors (Lipinski definition) is 2. The maximum atomic E-state index is 12.7. The third-order valence-electron chi connectivity index (χ3n) is 8.47. The fourth-order valence-electron chi connectivity index (χ4n) is 4.68. The summed E-state index contributed by atoms with van der Waals surface area (Å²) in [4.78, 5) is 28.6. The van der Waals surface area contributed by atoms with Gasteiger partial charge in [0.05, 0.1) is 24.5 Å². The molecule has 0 aliphatic heterocycles. The van der Waals surface area contributed by atoms with Gasteiger partial charge in [-0.1, -0.05) is 56.7 Å². The molecule has 42 heavy (non-hydrogen) atoms. The van der Waals surface area contributed by atoms with E-state index < -0.39 is 14.2 Å². The minimum absolute atomic E-state index is 0.0198. The first-order chi connectivity index (χ1) is 19.8. The van der Waals surface area contributed by atoms with Crippen molar-refractivity contribution in [1.82, 2.24) is 14.1 Å². The standard InChI is InChI=1S/C33H45N5O3Si/c1-24-10-12-25(13-11-24)8-7-9-31(39)36-27-15-14-26-16-18-37(30(26)20-27)19-17-28(22-41-42(5,6)33(2,3)4)38-21-29(32(34)40)35-23-38/h10-16,18,20-21,23,28H,7-9,17,19,22H2,1-6H3,(H2,34,40)(H,36,39)/t28-/m1/s1. The minimum atomic E-state index is -1.98. The third-order valence-corrected chi connectivity index (χ3v) is 13.0. The van der Waals surface area contributed by atoms with Gasteiger partial charge in [-0.3, -0.25) is 9.59 Å². The quantitative estimate of drug-likeness (QED) is 0.167. The highest BCUT2D eigenvalue weighted by molar-refractivity contribution is 6.74. The van der Waals surface area contributed by atoms with Crippen molar-refractivity contribution >= 4 is 36.7 Å². The summed E-state index contributed by atoms with van der Waals surface area (Å²) in [6.07, 6.45) is 8.38. The zero-order valence-electron chi connectivity index (χ0n) is 25.8. The Morgan fingerprint density at radius 3 is 2.50 bits per heavy atom. The second-order valence-electron chi connectivity index (χ2n) is 12.8. The van der Waals surface area contributed by atoms with Crippen molar-refractivity contribution in [2.75, 3.05) is 11.9 Å². The lowest BCUT2D eigenvalue weighted by molar-refractivity contribution is -0.116. The number of aryl methyl sites for hydroxylation is 3. The molecule has 0 aliphatic carbocycles. The molecule has 2 heterocycles. The van der Waals surface area contributed by atoms with Crippen LogP contribution in [-0.4, -0.2) is 40.9 Å². The number of nitrogens with two attached hydrogens (primary N) is 1. The van der Waals surface area contributed by atoms with Crippen LogP contribution < -0.4 is 11.1 Å². The van der Waals surface area contributed by atoms with Crippen LogP contribution in [0.2, 0.25) is 18.1 Å². The van der Waals surface area contributed by atoms with Crippen LogP contribution in [0.5, 0.6) is 0 Å². The van der Waals surface area contributed by atoms with E-state index in [0.29, 0.717) is 13.0 Å². The first-order valence-electron chi connectivity index (χ1n) is 14.7. The van der Waals surface area contributed by atoms with Crippen LogP contribution in [0.4, 0.5) is 5.69 Å². The van der Waals surface area contributed by atoms with E-state index in [1.807, 2.05) is 22.8 Å². The van der Waals surface area contributed by atoms with Gasteiger partial charge in [0.1, 0.15) is 5.69 Å². The number of imidazole rings is 1. The minimum Gasteiger partial charge on any atom is -0.415 e. The second kappa shape index (κ2) is 13.1. The maximum absolute atomic E-state index is 12.7. The number of nitrogens with one attached hydrogen (secondary N) is 1. The predicted octanol–water partition coefficient (Wildman–Crippen LogP) is 6.86. The van der Waals surface area contributed by atoms with Crippen LogP contribution in [0.25, 0.3) is 10.9 Å². The van der Waals surface area contributed by atoms with E-state index in [2.05, 4.69) is 92.2 Å². The molecule has 2 amide bonds. The third kappa shape index (κ3) is 7.98. The SMILES string of the molecule is Cc1ccc(CCCC(=O)Nc2ccc3ccn(CC[C@H](CO[Si](C)(C)C(C)(C)C)n4cnc(C(N)=O)c4)c3c2)cc1. The van der Waals surface area contributed by atoms with Crippen LogP contribution >= 0.6 is 0 Å². The normalized spacial score (nSPS) is 12.9. The van der Waals surface area contributed by atoms with Crippen LogP contribution in [0.3, 0.4) is 0 Å². The van der Waals surface area contributed by atoms with Gasteiger partial charge in [0.2, 0.25) is 5.91 Å². The monoisotopic (exact) mass is 587 g/mol. The number of aromatic nitrogens is 3. The maximum Gasteiger partial charge on any atom is 0.268 e. The van der Waals surface area contributed by atoms with Crippen molar-refractivity contribution in [1.29, 1.82) is 0 Å². The van der Waals surface area contributed by atoms with Crippen LogP contribution in [0, 0.1) is 6.92 Å². The summed E-state index contributed by atoms with van der Waals surface area (Å²) in [5, 5.41) is 4.28. The summed E-state index contributed by atoms with van der Waals surface area (Å²) in [5.74, 6) is -0.522. The molecule has 0 saturated heterocycles. The van der Waals surface area contributed by atoms with Gasteiger partial charge in [0.25, 0.3) is 5.91 Å². The summed E-state index contributed by atoms with van der Waals surface area (Å²) in [5.41, 5.74) is 10.1. The van der Waals surface area contributed by atoms with E-state index >= 15 is 0 Å². The first kappa shape index (κ1) is 31.2. The van der Waals surface area contributed by atoms with Crippen molar-refractivity contribution in [3.05, 3.63) is 84.1 Å². The number of carbonyl (C=O) groups is 2. The summed E-state index contributed by atoms with van der Waals surface area (Å²) in [6, 6.07) is 16.6. The lowest BCUT2D eigenvalue weighted by Gasteiger charge is -2.37. The number of rotatable bonds is 13. The molecule has 2 aromatic carbocycles. The van der Waals surface area contributed by atoms with Gasteiger partial charge in [-0.15, -0.1) is 0 Å². The Morgan fingerprint density at radius 1 is 1.10 bits per heavy atom. The Balaban J connectivity index is 1.42. The summed E-state index contributed by atoms with van der Waals surface area (Å²) >= 11 is 0. The van der Waals surface area contributed by atoms with Gasteiger partial charge in [0, 0.05) is 31.0 Å². The van der Waals surface area contributed by atoms with Crippen molar-refractivity contribution in [2.45, 2.75) is 84.1 Å². The molecule has 3 N–H and O–H groups in total. The number of carbonyl (C=O) groups excluding carboxylic acids is 2. The molecular formula is C33H45N5O3Si. The summed E-state index contributed by atoms with van der Waals surface area (Å²) in [6.45, 7) is 14.5. The Bertz CT molecular complexity index is 1510. The Kier molecular flexibility index (Phi) is 9.73. The van der Waals surface area contributed by atoms with Gasteiger partial charge in [-0.2, -0.15) is 0 Å². The predicted molar refractivity (Wildman–Crippen MR) is 172 cm³/mol. The number of nitrogens with zero attached hydrogens (tertiary/aromatic N) is 3. The molecule has 0 bridgehead atoms. The van der Waals surface area contributed by atoms with Crippen LogP contribution in [0.15, 0.2) is 67.3 Å². The van der Waals surface area contributed by atoms with Crippen LogP contribution in [-0.2, 0) is 22.2 Å². The number of primary amides is 1. The highest BCUT2D eigenvalue weighted by atomic mass is 28.4. The average molecular weight is 588 g/mol. The smallest absolute Gasteiger partial charge is 0.268 e. The topological polar surface area (TPSA) is 104 Å². The molecule has 224 valence electrons. The van der Waals surface area contributed by atoms with Crippen molar-refractivity contribution in [3.8, 4) is 0 Å². The molecular weight excluding hydrogens is 542 g/mol. The van der Waals surface area contributed by atoms with Gasteiger partial charge in [0.15, 0.2) is 8.32 Å². The molecule has 8 nitrogen and oxygen atoms in total. The second-order valence-corrected chi connectivity index (χ2v) is 17.6. The Morgan fingerprint density at radius 2 is 1.83 bits per heavy atom. The molecule has 0 aliphatic rings. The number of benzene rings is 2. The van der Waals surface area contributed by atoms with E-state index in [-0.39, 0.29) is 22.7 Å². The van der Waals surface area contributed by atoms with E-state index in [1.54, 1.807) is 12.5 Å². The number of hydrogen-bond acceptors (Lipinski definition) is 4. The molecule has 1 atom stereocenters. The van der Waals surface area contributed by atoms with E-state index in [1.165, 1.54) is 11.1 Å². The fourth-order valence-corrected chi connectivity index (χ4v) is 5.72. The van der Waals surface area contributed by atoms with Crippen molar-refractivity contribution in [2.24, 2.45) is 5.73 Å². The molecule has 0 spiro atoms. The van der Waals surface area contributed by atoms with E-state index in [0.717, 1.165) is 42.4 Å². The summed E-state index contributed by atoms with van der Waals surface area (Å²) < 4.78 is 10.7. The molecule has 4 aromatic rings. The lowest BCUT2D eigenvalue weighted by atomic mass is 10.1. The molecule has 9 heteroatoms. The van der Waals surface area contributed by atoms with Gasteiger partial charge in [-0.25, -0.2) is 4.98 Å². The number of amides is 2.